The zero-order valence-corrected chi connectivity index (χ0v) is 7.76. The van der Waals surface area contributed by atoms with Crippen LogP contribution < -0.4 is 4.90 Å². The Hall–Kier alpha value is -1.98. The van der Waals surface area contributed by atoms with Crippen LogP contribution in [0.5, 0.6) is 5.75 Å². The molecule has 14 heavy (non-hydrogen) atoms. The van der Waals surface area contributed by atoms with Crippen LogP contribution in [0.3, 0.4) is 0 Å². The van der Waals surface area contributed by atoms with Gasteiger partial charge in [0.1, 0.15) is 0 Å². The zero-order valence-electron chi connectivity index (χ0n) is 7.76. The fraction of sp³-hybridized carbons (Fsp3) is 0.250. The summed E-state index contributed by atoms with van der Waals surface area (Å²) in [5.41, 5.74) is 0. The van der Waals surface area contributed by atoms with Crippen LogP contribution in [0.2, 0.25) is 0 Å². The molecule has 0 atom stereocenters. The van der Waals surface area contributed by atoms with Gasteiger partial charge in [0, 0.05) is 13.8 Å². The number of carbonyl (C=O) groups is 2. The lowest BCUT2D eigenvalue weighted by atomic mass is 10.5. The largest absolute Gasteiger partial charge is 0.505 e. The fourth-order valence-electron chi connectivity index (χ4n) is 0.933. The summed E-state index contributed by atoms with van der Waals surface area (Å²) in [4.78, 5) is 30.2. The maximum Gasteiger partial charge on any atom is 0.239 e. The van der Waals surface area contributed by atoms with E-state index in [-0.39, 0.29) is 11.7 Å². The van der Waals surface area contributed by atoms with Crippen molar-refractivity contribution in [2.45, 2.75) is 13.8 Å². The lowest BCUT2D eigenvalue weighted by Crippen LogP contribution is -2.34. The quantitative estimate of drug-likeness (QED) is 0.686. The minimum Gasteiger partial charge on any atom is -0.505 e. The van der Waals surface area contributed by atoms with E-state index in [0.29, 0.717) is 0 Å². The summed E-state index contributed by atoms with van der Waals surface area (Å²) < 4.78 is 0. The van der Waals surface area contributed by atoms with E-state index in [1.807, 2.05) is 0 Å². The maximum absolute atomic E-state index is 11.0. The summed E-state index contributed by atoms with van der Waals surface area (Å²) in [6.07, 6.45) is 2.22. The van der Waals surface area contributed by atoms with E-state index < -0.39 is 11.8 Å². The highest BCUT2D eigenvalue weighted by atomic mass is 16.3. The van der Waals surface area contributed by atoms with Gasteiger partial charge in [-0.3, -0.25) is 9.59 Å². The molecule has 6 heteroatoms. The molecule has 0 saturated heterocycles. The Kier molecular flexibility index (Phi) is 2.76. The summed E-state index contributed by atoms with van der Waals surface area (Å²) >= 11 is 0. The molecule has 2 amide bonds. The predicted molar refractivity (Wildman–Crippen MR) is 47.5 cm³/mol. The molecule has 0 bridgehead atoms. The third kappa shape index (κ3) is 2.03. The topological polar surface area (TPSA) is 83.4 Å². The Bertz CT molecular complexity index is 347. The predicted octanol–water partition coefficient (Wildman–Crippen LogP) is 0.0816. The van der Waals surface area contributed by atoms with Gasteiger partial charge in [0.15, 0.2) is 5.75 Å². The van der Waals surface area contributed by atoms with Gasteiger partial charge in [0.2, 0.25) is 17.8 Å². The molecular weight excluding hydrogens is 186 g/mol. The molecule has 0 unspecified atom stereocenters. The molecule has 74 valence electrons. The first-order valence-corrected chi connectivity index (χ1v) is 3.84. The van der Waals surface area contributed by atoms with E-state index in [1.165, 1.54) is 13.8 Å². The lowest BCUT2D eigenvalue weighted by Gasteiger charge is -2.13. The molecule has 0 spiro atoms. The number of nitrogens with zero attached hydrogens (tertiary/aromatic N) is 3. The first-order valence-electron chi connectivity index (χ1n) is 3.84. The minimum absolute atomic E-state index is 0.0391. The second-order valence-corrected chi connectivity index (χ2v) is 2.61. The molecule has 6 nitrogen and oxygen atoms in total. The van der Waals surface area contributed by atoms with Crippen molar-refractivity contribution in [3.63, 3.8) is 0 Å². The van der Waals surface area contributed by atoms with Crippen molar-refractivity contribution in [2.24, 2.45) is 0 Å². The number of imide groups is 1. The van der Waals surface area contributed by atoms with Gasteiger partial charge in [0.25, 0.3) is 0 Å². The van der Waals surface area contributed by atoms with Crippen LogP contribution in [0.4, 0.5) is 5.95 Å². The van der Waals surface area contributed by atoms with E-state index in [1.54, 1.807) is 0 Å². The number of aromatic nitrogens is 2. The second-order valence-electron chi connectivity index (χ2n) is 2.61. The number of amides is 2. The van der Waals surface area contributed by atoms with E-state index >= 15 is 0 Å². The van der Waals surface area contributed by atoms with Crippen molar-refractivity contribution >= 4 is 17.8 Å². The van der Waals surface area contributed by atoms with Crippen LogP contribution in [0, 0.1) is 0 Å². The van der Waals surface area contributed by atoms with Gasteiger partial charge in [-0.2, -0.15) is 0 Å². The van der Waals surface area contributed by atoms with Gasteiger partial charge in [-0.1, -0.05) is 0 Å². The Labute approximate surface area is 80.2 Å². The highest BCUT2D eigenvalue weighted by molar-refractivity contribution is 6.11. The average Bonchev–Trinajstić information content (AvgIpc) is 2.07. The molecule has 0 aliphatic rings. The Balaban J connectivity index is 3.06. The number of hydrogen-bond acceptors (Lipinski definition) is 5. The van der Waals surface area contributed by atoms with Crippen LogP contribution >= 0.6 is 0 Å². The molecule has 0 aliphatic heterocycles. The normalized spacial score (nSPS) is 9.57. The summed E-state index contributed by atoms with van der Waals surface area (Å²) in [5, 5.41) is 8.90. The molecule has 0 radical (unpaired) electrons. The monoisotopic (exact) mass is 195 g/mol. The fourth-order valence-corrected chi connectivity index (χ4v) is 0.933. The van der Waals surface area contributed by atoms with Crippen LogP contribution in [-0.2, 0) is 9.59 Å². The van der Waals surface area contributed by atoms with Gasteiger partial charge in [-0.25, -0.2) is 14.9 Å². The zero-order chi connectivity index (χ0) is 10.7. The summed E-state index contributed by atoms with van der Waals surface area (Å²) in [6, 6.07) is 0. The lowest BCUT2D eigenvalue weighted by molar-refractivity contribution is -0.124. The maximum atomic E-state index is 11.0. The average molecular weight is 195 g/mol. The van der Waals surface area contributed by atoms with Gasteiger partial charge >= 0.3 is 0 Å². The Morgan fingerprint density at radius 1 is 1.21 bits per heavy atom. The highest BCUT2D eigenvalue weighted by Crippen LogP contribution is 2.10. The molecule has 0 saturated carbocycles. The number of carbonyl (C=O) groups excluding carboxylic acids is 2. The smallest absolute Gasteiger partial charge is 0.239 e. The molecule has 1 aromatic heterocycles. The molecule has 1 aromatic rings. The van der Waals surface area contributed by atoms with Gasteiger partial charge < -0.3 is 5.11 Å². The second kappa shape index (κ2) is 3.82. The van der Waals surface area contributed by atoms with E-state index in [4.69, 9.17) is 5.11 Å². The molecule has 0 aromatic carbocycles. The molecule has 0 aliphatic carbocycles. The summed E-state index contributed by atoms with van der Waals surface area (Å²) in [5.74, 6) is -1.10. The number of hydrogen-bond donors (Lipinski definition) is 1. The van der Waals surface area contributed by atoms with Crippen molar-refractivity contribution in [3.8, 4) is 5.75 Å². The molecule has 0 fully saturated rings. The van der Waals surface area contributed by atoms with Gasteiger partial charge in [0.05, 0.1) is 12.4 Å². The highest BCUT2D eigenvalue weighted by Gasteiger charge is 2.18. The van der Waals surface area contributed by atoms with Crippen molar-refractivity contribution in [3.05, 3.63) is 12.4 Å². The van der Waals surface area contributed by atoms with E-state index in [0.717, 1.165) is 17.3 Å². The van der Waals surface area contributed by atoms with Crippen LogP contribution in [-0.4, -0.2) is 26.9 Å². The van der Waals surface area contributed by atoms with Crippen molar-refractivity contribution in [1.82, 2.24) is 9.97 Å². The third-order valence-electron chi connectivity index (χ3n) is 1.45. The number of aromatic hydroxyl groups is 1. The molecular formula is C8H9N3O3. The summed E-state index contributed by atoms with van der Waals surface area (Å²) in [6.45, 7) is 2.47. The van der Waals surface area contributed by atoms with Crippen molar-refractivity contribution < 1.29 is 14.7 Å². The van der Waals surface area contributed by atoms with E-state index in [9.17, 15) is 9.59 Å². The van der Waals surface area contributed by atoms with Crippen LogP contribution in [0.25, 0.3) is 0 Å². The SMILES string of the molecule is CC(=O)N(C(C)=O)c1ncc(O)cn1. The van der Waals surface area contributed by atoms with Gasteiger partial charge in [-0.15, -0.1) is 0 Å². The van der Waals surface area contributed by atoms with E-state index in [2.05, 4.69) is 9.97 Å². The number of anilines is 1. The Morgan fingerprint density at radius 2 is 1.64 bits per heavy atom. The molecule has 1 rings (SSSR count). The third-order valence-corrected chi connectivity index (χ3v) is 1.45. The van der Waals surface area contributed by atoms with Crippen LogP contribution in [0.1, 0.15) is 13.8 Å². The van der Waals surface area contributed by atoms with Gasteiger partial charge in [-0.05, 0) is 0 Å². The minimum atomic E-state index is -0.469. The first kappa shape index (κ1) is 10.1. The van der Waals surface area contributed by atoms with Crippen molar-refractivity contribution in [2.75, 3.05) is 4.90 Å². The first-order chi connectivity index (χ1) is 6.52. The van der Waals surface area contributed by atoms with Crippen molar-refractivity contribution in [1.29, 1.82) is 0 Å². The molecule has 1 N–H and O–H groups in total. The summed E-state index contributed by atoms with van der Waals surface area (Å²) in [7, 11) is 0. The number of rotatable bonds is 1. The molecule has 1 heterocycles. The standard InChI is InChI=1S/C8H9N3O3/c1-5(12)11(6(2)13)8-9-3-7(14)4-10-8/h3-4,14H,1-2H3. The van der Waals surface area contributed by atoms with Crippen LogP contribution in [0.15, 0.2) is 12.4 Å². The Morgan fingerprint density at radius 3 is 2.00 bits per heavy atom.